The molecule has 0 spiro atoms. The van der Waals surface area contributed by atoms with E-state index in [1.807, 2.05) is 146 Å². The third-order valence-corrected chi connectivity index (χ3v) is 19.8. The van der Waals surface area contributed by atoms with Gasteiger partial charge in [0.25, 0.3) is 53.2 Å². The van der Waals surface area contributed by atoms with Crippen LogP contribution in [0.25, 0.3) is 32.6 Å². The molecular formula is C93H95FN12O17. The molecule has 0 radical (unpaired) electrons. The van der Waals surface area contributed by atoms with Gasteiger partial charge >= 0.3 is 6.03 Å². The van der Waals surface area contributed by atoms with Gasteiger partial charge in [-0.05, 0) is 191 Å². The smallest absolute Gasteiger partial charge is 0.319 e. The van der Waals surface area contributed by atoms with E-state index in [1.54, 1.807) is 177 Å². The SMILES string of the molecule is CC(NC(=O)Nc1cccc2ccccc12)c1ccc(C(=O)NO)cc1.CC(NC(=O)c1c[nH]c2ccccc12)c1cccc(C(=O)NO)c1.Cc1c(C(=O)NC(C)c2ccc(C(=O)NO)cc2)oc2ccccc12.Cc1cc(C(=O)NC(c2ccc(C(=O)NO)cc2)C(C)(C)C)c(C)o1.Cc1ccc(F)c(C(=O)NC(C)c2ccc(C(=O)NO)cc2)c1. The number of aryl methyl sites for hydroxylation is 4. The van der Waals surface area contributed by atoms with Crippen LogP contribution in [0.3, 0.4) is 0 Å². The summed E-state index contributed by atoms with van der Waals surface area (Å²) in [5, 5.41) is 64.4. The minimum atomic E-state index is -0.616. The van der Waals surface area contributed by atoms with Crippen molar-refractivity contribution in [2.45, 2.75) is 106 Å². The third-order valence-electron chi connectivity index (χ3n) is 19.8. The number of carbonyl (C=O) groups excluding carboxylic acids is 10. The van der Waals surface area contributed by atoms with Gasteiger partial charge in [0.15, 0.2) is 5.76 Å². The van der Waals surface area contributed by atoms with E-state index in [9.17, 15) is 52.3 Å². The highest BCUT2D eigenvalue weighted by molar-refractivity contribution is 6.07. The van der Waals surface area contributed by atoms with Crippen LogP contribution in [-0.4, -0.2) is 90.2 Å². The summed E-state index contributed by atoms with van der Waals surface area (Å²) in [6.45, 7) is 20.6. The fourth-order valence-electron chi connectivity index (χ4n) is 13.0. The Morgan fingerprint density at radius 2 is 0.805 bits per heavy atom. The fourth-order valence-corrected chi connectivity index (χ4v) is 13.0. The molecule has 0 saturated heterocycles. The van der Waals surface area contributed by atoms with Crippen LogP contribution < -0.4 is 59.3 Å². The Balaban J connectivity index is 0.000000175. The van der Waals surface area contributed by atoms with E-state index in [2.05, 4.69) is 36.9 Å². The highest BCUT2D eigenvalue weighted by Crippen LogP contribution is 2.35. The Morgan fingerprint density at radius 3 is 1.31 bits per heavy atom. The number of aromatic nitrogens is 1. The van der Waals surface area contributed by atoms with Crippen LogP contribution in [-0.2, 0) is 0 Å². The first-order chi connectivity index (χ1) is 58.7. The highest BCUT2D eigenvalue weighted by Gasteiger charge is 2.30. The maximum atomic E-state index is 13.7. The molecule has 0 aliphatic carbocycles. The van der Waals surface area contributed by atoms with Crippen LogP contribution in [0.15, 0.2) is 252 Å². The number of hydrogen-bond acceptors (Lipinski definition) is 17. The summed E-state index contributed by atoms with van der Waals surface area (Å²) in [6, 6.07) is 66.1. The summed E-state index contributed by atoms with van der Waals surface area (Å²) in [6.07, 6.45) is 1.68. The predicted molar refractivity (Wildman–Crippen MR) is 459 cm³/mol. The zero-order valence-corrected chi connectivity index (χ0v) is 69.0. The number of furan rings is 2. The molecule has 30 heteroatoms. The normalized spacial score (nSPS) is 11.9. The van der Waals surface area contributed by atoms with Crippen LogP contribution >= 0.6 is 0 Å². The van der Waals surface area contributed by atoms with E-state index in [0.29, 0.717) is 61.8 Å². The lowest BCUT2D eigenvalue weighted by atomic mass is 9.82. The monoisotopic (exact) mass is 1670 g/mol. The Morgan fingerprint density at radius 1 is 0.374 bits per heavy atom. The maximum Gasteiger partial charge on any atom is 0.319 e. The molecule has 3 aromatic heterocycles. The molecule has 5 atom stereocenters. The molecule has 10 aromatic carbocycles. The number of amides is 11. The number of halogens is 1. The minimum Gasteiger partial charge on any atom is -0.466 e. The molecule has 0 aliphatic heterocycles. The highest BCUT2D eigenvalue weighted by atomic mass is 19.1. The topological polar surface area (TPSA) is 446 Å². The quantitative estimate of drug-likeness (QED) is 0.0249. The van der Waals surface area contributed by atoms with Crippen molar-refractivity contribution in [2.24, 2.45) is 5.41 Å². The summed E-state index contributed by atoms with van der Waals surface area (Å²) in [5.41, 5.74) is 18.3. The number of hydroxylamine groups is 5. The van der Waals surface area contributed by atoms with E-state index in [0.717, 1.165) is 71.7 Å². The van der Waals surface area contributed by atoms with Gasteiger partial charge in [0.2, 0.25) is 0 Å². The lowest BCUT2D eigenvalue weighted by Gasteiger charge is -2.32. The summed E-state index contributed by atoms with van der Waals surface area (Å²) in [4.78, 5) is 122. The first kappa shape index (κ1) is 91.9. The van der Waals surface area contributed by atoms with Crippen molar-refractivity contribution >= 4 is 97.5 Å². The molecular weight excluding hydrogens is 1580 g/mol. The zero-order chi connectivity index (χ0) is 89.4. The lowest BCUT2D eigenvalue weighted by Crippen LogP contribution is -2.36. The van der Waals surface area contributed by atoms with Crippen molar-refractivity contribution in [2.75, 3.05) is 5.32 Å². The van der Waals surface area contributed by atoms with E-state index < -0.39 is 41.3 Å². The molecule has 636 valence electrons. The summed E-state index contributed by atoms with van der Waals surface area (Å²) >= 11 is 0. The lowest BCUT2D eigenvalue weighted by molar-refractivity contribution is 0.0702. The molecule has 0 aliphatic rings. The van der Waals surface area contributed by atoms with Gasteiger partial charge in [0.1, 0.15) is 22.9 Å². The number of urea groups is 1. The van der Waals surface area contributed by atoms with Crippen LogP contribution in [0.2, 0.25) is 0 Å². The first-order valence-corrected chi connectivity index (χ1v) is 38.6. The number of hydrogen-bond donors (Lipinski definition) is 17. The third kappa shape index (κ3) is 24.4. The second-order valence-corrected chi connectivity index (χ2v) is 29.6. The molecule has 3 heterocycles. The van der Waals surface area contributed by atoms with Crippen LogP contribution in [0.1, 0.15) is 223 Å². The van der Waals surface area contributed by atoms with Gasteiger partial charge in [-0.25, -0.2) is 36.6 Å². The number of rotatable bonds is 20. The molecule has 29 nitrogen and oxygen atoms in total. The molecule has 0 saturated carbocycles. The maximum absolute atomic E-state index is 13.7. The van der Waals surface area contributed by atoms with E-state index in [-0.39, 0.29) is 64.9 Å². The van der Waals surface area contributed by atoms with Gasteiger partial charge in [-0.2, -0.15) is 0 Å². The van der Waals surface area contributed by atoms with Gasteiger partial charge in [-0.3, -0.25) is 69.2 Å². The number of anilines is 1. The Kier molecular flexibility index (Phi) is 31.9. The Hall–Kier alpha value is -15.0. The van der Waals surface area contributed by atoms with Crippen molar-refractivity contribution in [3.05, 3.63) is 349 Å². The molecule has 13 aromatic rings. The minimum absolute atomic E-state index is 0.00636. The first-order valence-electron chi connectivity index (χ1n) is 38.6. The summed E-state index contributed by atoms with van der Waals surface area (Å²) in [7, 11) is 0. The average molecular weight is 1670 g/mol. The number of para-hydroxylation sites is 2. The van der Waals surface area contributed by atoms with Crippen molar-refractivity contribution < 1.29 is 87.2 Å². The summed E-state index contributed by atoms with van der Waals surface area (Å²) in [5.74, 6) is -3.15. The van der Waals surface area contributed by atoms with Crippen LogP contribution in [0.5, 0.6) is 0 Å². The largest absolute Gasteiger partial charge is 0.466 e. The number of aromatic amines is 1. The van der Waals surface area contributed by atoms with Crippen molar-refractivity contribution in [3.63, 3.8) is 0 Å². The predicted octanol–water partition coefficient (Wildman–Crippen LogP) is 16.2. The van der Waals surface area contributed by atoms with Crippen LogP contribution in [0.4, 0.5) is 14.9 Å². The van der Waals surface area contributed by atoms with Gasteiger partial charge in [0.05, 0.1) is 52.6 Å². The Bertz CT molecular complexity index is 5940. The number of carbonyl (C=O) groups is 10. The van der Waals surface area contributed by atoms with Gasteiger partial charge in [-0.1, -0.05) is 166 Å². The second kappa shape index (κ2) is 42.6. The van der Waals surface area contributed by atoms with Gasteiger partial charge in [-0.15, -0.1) is 0 Å². The average Bonchev–Trinajstić information content (AvgIpc) is 1.66. The zero-order valence-electron chi connectivity index (χ0n) is 69.0. The van der Waals surface area contributed by atoms with Crippen molar-refractivity contribution in [1.82, 2.24) is 59.0 Å². The van der Waals surface area contributed by atoms with E-state index >= 15 is 0 Å². The molecule has 123 heavy (non-hydrogen) atoms. The molecule has 5 unspecified atom stereocenters. The second-order valence-electron chi connectivity index (χ2n) is 29.6. The van der Waals surface area contributed by atoms with Crippen molar-refractivity contribution in [3.8, 4) is 0 Å². The number of benzene rings is 10. The number of fused-ring (bicyclic) bond motifs is 3. The molecule has 17 N–H and O–H groups in total. The number of H-pyrrole nitrogens is 1. The Labute approximate surface area is 706 Å². The molecule has 11 amide bonds. The molecule has 0 bridgehead atoms. The molecule has 13 rings (SSSR count). The summed E-state index contributed by atoms with van der Waals surface area (Å²) < 4.78 is 24.8. The van der Waals surface area contributed by atoms with E-state index in [4.69, 9.17) is 34.9 Å². The van der Waals surface area contributed by atoms with Gasteiger partial charge in [0, 0.05) is 61.3 Å². The van der Waals surface area contributed by atoms with Crippen molar-refractivity contribution in [1.29, 1.82) is 0 Å². The number of nitrogens with one attached hydrogen (secondary N) is 12. The molecule has 0 fully saturated rings. The van der Waals surface area contributed by atoms with E-state index in [1.165, 1.54) is 24.3 Å². The van der Waals surface area contributed by atoms with Crippen LogP contribution in [0, 0.1) is 38.9 Å². The van der Waals surface area contributed by atoms with Gasteiger partial charge < -0.3 is 45.7 Å². The fraction of sp³-hybridized carbons (Fsp3) is 0.183. The standard InChI is InChI=1S/C20H19N3O3.C19H18N2O4.C19H24N2O4.C18H17N3O3.C17H17FN2O3/c1-13(14-9-11-16(12-10-14)19(24)23-26)21-20(25)22-18-8-4-6-15-5-2-3-7-17(15)18;1-11-15-5-3-4-6-16(15)25-17(11)19(23)20-12(2)13-7-9-14(10-8-13)18(22)21-24;1-11-10-15(12(2)25-11)18(23)20-16(19(3,4)5)13-6-8-14(9-7-13)17(22)21-24;1-11(12-5-4-6-13(9-12)17(22)21-24)20-18(23)15-10-19-16-8-3-2-7-14(15)16;1-10-3-8-15(18)14(9-10)17(22)19-11(2)12-4-6-13(7-5-12)16(21)20-23/h2-13,26H,1H3,(H,23,24)(H2,21,22,25);3-10,12,24H,1-2H3,(H,20,23)(H,21,22);6-10,16,24H,1-5H3,(H,20,23)(H,21,22);2-11,19,24H,1H3,(H,20,23)(H,21,22);3-9,11,23H,1-2H3,(H,19,22)(H,20,21).